The van der Waals surface area contributed by atoms with E-state index in [0.717, 1.165) is 109 Å². The van der Waals surface area contributed by atoms with Gasteiger partial charge in [-0.25, -0.2) is 4.57 Å². The van der Waals surface area contributed by atoms with E-state index in [0.29, 0.717) is 17.4 Å². The molecule has 0 heterocycles. The Morgan fingerprint density at radius 3 is 0.914 bits per heavy atom. The summed E-state index contributed by atoms with van der Waals surface area (Å²) >= 11 is 0. The van der Waals surface area contributed by atoms with Crippen LogP contribution in [0.5, 0.6) is 0 Å². The molecule has 2 unspecified atom stereocenters. The smallest absolute Gasteiger partial charge is 0.462 e. The van der Waals surface area contributed by atoms with Crippen molar-refractivity contribution in [3.63, 3.8) is 0 Å². The molecule has 10 heteroatoms. The van der Waals surface area contributed by atoms with E-state index >= 15 is 0 Å². The molecule has 0 aliphatic carbocycles. The third kappa shape index (κ3) is 77.3. The number of rotatable bonds is 71. The van der Waals surface area contributed by atoms with Gasteiger partial charge in [0.15, 0.2) is 6.10 Å². The molecular weight excluding hydrogens is 1170 g/mol. The van der Waals surface area contributed by atoms with Crippen molar-refractivity contribution >= 4 is 19.8 Å². The van der Waals surface area contributed by atoms with Crippen LogP contribution in [0.25, 0.3) is 0 Å². The molecule has 0 rings (SSSR count). The van der Waals surface area contributed by atoms with E-state index in [2.05, 4.69) is 135 Å². The molecule has 0 aromatic carbocycles. The Morgan fingerprint density at radius 1 is 0.344 bits per heavy atom. The number of carbonyl (C=O) groups is 2. The normalized spacial score (nSPS) is 13.7. The number of likely N-dealkylation sites (N-methyl/N-ethyl adjacent to an activating group) is 1. The second-order valence-electron chi connectivity index (χ2n) is 27.0. The summed E-state index contributed by atoms with van der Waals surface area (Å²) in [6.45, 7) is 4.35. The summed E-state index contributed by atoms with van der Waals surface area (Å²) in [6.07, 6.45) is 105. The number of nitrogens with zero attached hydrogens (tertiary/aromatic N) is 1. The molecule has 0 aromatic heterocycles. The van der Waals surface area contributed by atoms with Crippen LogP contribution < -0.4 is 0 Å². The summed E-state index contributed by atoms with van der Waals surface area (Å²) in [6, 6.07) is 0. The Bertz CT molecular complexity index is 1990. The van der Waals surface area contributed by atoms with Crippen molar-refractivity contribution in [1.82, 2.24) is 0 Å². The van der Waals surface area contributed by atoms with Gasteiger partial charge >= 0.3 is 19.8 Å². The fraction of sp³-hybridized carbons (Fsp3) is 0.735. The molecule has 0 spiro atoms. The van der Waals surface area contributed by atoms with Gasteiger partial charge in [-0.3, -0.25) is 18.6 Å². The number of carbonyl (C=O) groups excluding carboxylic acids is 2. The van der Waals surface area contributed by atoms with Gasteiger partial charge in [-0.2, -0.15) is 0 Å². The minimum Gasteiger partial charge on any atom is -0.462 e. The van der Waals surface area contributed by atoms with E-state index < -0.39 is 26.5 Å². The Labute approximate surface area is 575 Å². The van der Waals surface area contributed by atoms with Gasteiger partial charge in [0.1, 0.15) is 19.8 Å². The maximum absolute atomic E-state index is 12.9. The maximum Gasteiger partial charge on any atom is 0.472 e. The van der Waals surface area contributed by atoms with Gasteiger partial charge in [-0.15, -0.1) is 0 Å². The number of allylic oxidation sites excluding steroid dienone is 20. The Balaban J connectivity index is 4.05. The molecule has 0 aromatic rings. The number of esters is 2. The highest BCUT2D eigenvalue weighted by Gasteiger charge is 2.27. The van der Waals surface area contributed by atoms with Gasteiger partial charge in [-0.1, -0.05) is 360 Å². The zero-order chi connectivity index (χ0) is 67.6. The van der Waals surface area contributed by atoms with Crippen molar-refractivity contribution in [3.05, 3.63) is 122 Å². The zero-order valence-corrected chi connectivity index (χ0v) is 62.1. The van der Waals surface area contributed by atoms with Gasteiger partial charge in [0.05, 0.1) is 27.7 Å². The second-order valence-corrected chi connectivity index (χ2v) is 28.5. The highest BCUT2D eigenvalue weighted by molar-refractivity contribution is 7.47. The molecule has 0 saturated heterocycles. The Kier molecular flexibility index (Phi) is 69.9. The minimum absolute atomic E-state index is 0.0264. The third-order valence-corrected chi connectivity index (χ3v) is 17.7. The third-order valence-electron chi connectivity index (χ3n) is 16.8. The topological polar surface area (TPSA) is 108 Å². The first-order valence-electron chi connectivity index (χ1n) is 38.8. The molecule has 0 aliphatic rings. The lowest BCUT2D eigenvalue weighted by atomic mass is 10.0. The van der Waals surface area contributed by atoms with Crippen LogP contribution in [0.2, 0.25) is 0 Å². The van der Waals surface area contributed by atoms with Crippen molar-refractivity contribution in [1.29, 1.82) is 0 Å². The van der Waals surface area contributed by atoms with Gasteiger partial charge in [-0.05, 0) is 89.9 Å². The monoisotopic (exact) mass is 1320 g/mol. The second kappa shape index (κ2) is 72.7. The quantitative estimate of drug-likeness (QED) is 0.0211. The van der Waals surface area contributed by atoms with Crippen molar-refractivity contribution in [2.24, 2.45) is 0 Å². The highest BCUT2D eigenvalue weighted by atomic mass is 31.2. The van der Waals surface area contributed by atoms with E-state index in [1.807, 2.05) is 21.1 Å². The zero-order valence-electron chi connectivity index (χ0n) is 61.2. The fourth-order valence-corrected chi connectivity index (χ4v) is 11.6. The number of phosphoric ester groups is 1. The van der Waals surface area contributed by atoms with Gasteiger partial charge in [0.2, 0.25) is 0 Å². The lowest BCUT2D eigenvalue weighted by Gasteiger charge is -2.24. The van der Waals surface area contributed by atoms with Crippen molar-refractivity contribution in [3.8, 4) is 0 Å². The summed E-state index contributed by atoms with van der Waals surface area (Å²) in [7, 11) is 1.47. The molecule has 0 aliphatic heterocycles. The average Bonchev–Trinajstić information content (AvgIpc) is 2.01. The summed E-state index contributed by atoms with van der Waals surface area (Å²) in [5.74, 6) is -0.799. The first kappa shape index (κ1) is 89.4. The molecule has 2 atom stereocenters. The van der Waals surface area contributed by atoms with Crippen LogP contribution in [-0.2, 0) is 32.7 Å². The Morgan fingerprint density at radius 2 is 0.613 bits per heavy atom. The number of unbranched alkanes of at least 4 members (excludes halogenated alkanes) is 37. The molecule has 9 nitrogen and oxygen atoms in total. The molecular formula is C83H147NO8P+. The van der Waals surface area contributed by atoms with Crippen LogP contribution in [0.3, 0.4) is 0 Å². The number of hydrogen-bond donors (Lipinski definition) is 1. The summed E-state index contributed by atoms with van der Waals surface area (Å²) < 4.78 is 34.8. The maximum atomic E-state index is 12.9. The van der Waals surface area contributed by atoms with E-state index in [1.165, 1.54) is 199 Å². The van der Waals surface area contributed by atoms with E-state index in [9.17, 15) is 19.0 Å². The first-order chi connectivity index (χ1) is 45.5. The van der Waals surface area contributed by atoms with Crippen molar-refractivity contribution in [2.45, 2.75) is 347 Å². The van der Waals surface area contributed by atoms with Gasteiger partial charge in [0, 0.05) is 12.8 Å². The fourth-order valence-electron chi connectivity index (χ4n) is 10.9. The first-order valence-corrected chi connectivity index (χ1v) is 40.3. The molecule has 0 bridgehead atoms. The van der Waals surface area contributed by atoms with Crippen molar-refractivity contribution in [2.75, 3.05) is 47.5 Å². The Hall–Kier alpha value is -3.59. The standard InChI is InChI=1S/C83H146NO8P/c1-6-8-10-12-14-16-18-20-22-24-26-28-30-32-34-36-38-39-40-41-42-43-44-45-46-48-50-52-54-56-58-60-62-64-66-68-70-72-74-76-83(86)92-81(80-91-93(87,88)90-78-77-84(3,4)5)79-89-82(85)75-73-71-69-67-65-63-61-59-57-55-53-51-49-47-37-35-33-31-29-27-25-23-21-19-17-15-13-11-9-7-2/h8,10,14,16,20,22,26,28,32,34,38-39,41-42,44-45,48,50,54,56,81H,6-7,9,11-13,15,17-19,21,23-25,27,29-31,33,35-37,40,43,46-47,49,51-53,55,57-80H2,1-5H3/p+1/b10-8-,16-14-,22-20-,28-26-,34-32-,39-38-,42-41-,45-44-,50-48-,56-54-. The summed E-state index contributed by atoms with van der Waals surface area (Å²) in [4.78, 5) is 36.0. The number of quaternary nitrogens is 1. The van der Waals surface area contributed by atoms with E-state index in [-0.39, 0.29) is 32.0 Å². The number of ether oxygens (including phenoxy) is 2. The lowest BCUT2D eigenvalue weighted by Crippen LogP contribution is -2.37. The van der Waals surface area contributed by atoms with Crippen LogP contribution in [0.1, 0.15) is 341 Å². The highest BCUT2D eigenvalue weighted by Crippen LogP contribution is 2.43. The van der Waals surface area contributed by atoms with E-state index in [1.54, 1.807) is 0 Å². The largest absolute Gasteiger partial charge is 0.472 e. The van der Waals surface area contributed by atoms with Crippen LogP contribution in [0, 0.1) is 0 Å². The van der Waals surface area contributed by atoms with Crippen LogP contribution in [0.15, 0.2) is 122 Å². The molecule has 0 amide bonds. The average molecular weight is 1320 g/mol. The van der Waals surface area contributed by atoms with Crippen LogP contribution in [-0.4, -0.2) is 74.9 Å². The summed E-state index contributed by atoms with van der Waals surface area (Å²) in [5.41, 5.74) is 0. The number of phosphoric acid groups is 1. The van der Waals surface area contributed by atoms with Gasteiger partial charge in [0.25, 0.3) is 0 Å². The predicted octanol–water partition coefficient (Wildman–Crippen LogP) is 25.8. The van der Waals surface area contributed by atoms with Crippen molar-refractivity contribution < 1.29 is 42.1 Å². The minimum atomic E-state index is -4.40. The molecule has 93 heavy (non-hydrogen) atoms. The SMILES string of the molecule is CC/C=C\C/C=C\C/C=C\C/C=C\C/C=C\C/C=C\C/C=C\C/C=C\C/C=C\C/C=C\CCCCCCCCCCC(=O)OC(COC(=O)CCCCCCCCCCCCCCCCCCCCCCCCCCCCCCCC)COP(=O)(O)OCC[N+](C)(C)C. The van der Waals surface area contributed by atoms with Crippen LogP contribution in [0.4, 0.5) is 0 Å². The van der Waals surface area contributed by atoms with Gasteiger partial charge < -0.3 is 18.9 Å². The van der Waals surface area contributed by atoms with Crippen LogP contribution >= 0.6 is 7.82 Å². The molecule has 0 saturated carbocycles. The molecule has 0 fully saturated rings. The lowest BCUT2D eigenvalue weighted by molar-refractivity contribution is -0.870. The molecule has 536 valence electrons. The molecule has 0 radical (unpaired) electrons. The predicted molar refractivity (Wildman–Crippen MR) is 404 cm³/mol. The molecule has 1 N–H and O–H groups in total. The summed E-state index contributed by atoms with van der Waals surface area (Å²) in [5, 5.41) is 0. The number of hydrogen-bond acceptors (Lipinski definition) is 7. The van der Waals surface area contributed by atoms with E-state index in [4.69, 9.17) is 18.5 Å².